The number of fused-ring (bicyclic) bond motifs is 2. The number of rotatable bonds is 4. The third kappa shape index (κ3) is 3.33. The van der Waals surface area contributed by atoms with Crippen LogP contribution in [0.25, 0.3) is 21.8 Å². The fraction of sp³-hybridized carbons (Fsp3) is 0. The van der Waals surface area contributed by atoms with E-state index in [9.17, 15) is 9.18 Å². The number of benzene rings is 3. The van der Waals surface area contributed by atoms with E-state index in [0.717, 1.165) is 16.2 Å². The molecule has 7 heteroatoms. The van der Waals surface area contributed by atoms with E-state index in [2.05, 4.69) is 20.5 Å². The van der Waals surface area contributed by atoms with Crippen molar-refractivity contribution in [3.05, 3.63) is 90.5 Å². The second-order valence-corrected chi connectivity index (χ2v) is 6.69. The van der Waals surface area contributed by atoms with Gasteiger partial charge < -0.3 is 10.1 Å². The normalized spacial score (nSPS) is 11.0. The van der Waals surface area contributed by atoms with Crippen LogP contribution in [-0.2, 0) is 0 Å². The van der Waals surface area contributed by atoms with Crippen molar-refractivity contribution in [2.24, 2.45) is 0 Å². The minimum Gasteiger partial charge on any atom is -0.456 e. The summed E-state index contributed by atoms with van der Waals surface area (Å²) in [6.07, 6.45) is 3.31. The number of nitrogens with zero attached hydrogens (tertiary/aromatic N) is 2. The van der Waals surface area contributed by atoms with Gasteiger partial charge in [-0.25, -0.2) is 9.37 Å². The highest BCUT2D eigenvalue weighted by Gasteiger charge is 2.12. The van der Waals surface area contributed by atoms with Gasteiger partial charge in [-0.2, -0.15) is 5.10 Å². The first kappa shape index (κ1) is 17.8. The fourth-order valence-electron chi connectivity index (χ4n) is 3.30. The number of pyridine rings is 1. The van der Waals surface area contributed by atoms with E-state index in [0.29, 0.717) is 28.4 Å². The zero-order chi connectivity index (χ0) is 20.5. The number of halogens is 1. The molecule has 2 N–H and O–H groups in total. The summed E-state index contributed by atoms with van der Waals surface area (Å²) in [5.41, 5.74) is 1.69. The Morgan fingerprint density at radius 2 is 1.87 bits per heavy atom. The predicted molar refractivity (Wildman–Crippen MR) is 112 cm³/mol. The van der Waals surface area contributed by atoms with Crippen molar-refractivity contribution < 1.29 is 13.9 Å². The number of H-pyrrole nitrogens is 1. The van der Waals surface area contributed by atoms with Crippen LogP contribution in [0.4, 0.5) is 10.1 Å². The SMILES string of the molecule is O=C(Nc1ccc(F)cc1)c1cccc2cc(Oc3ccnc4[nH]ncc34)ccc12. The van der Waals surface area contributed by atoms with Crippen LogP contribution in [0, 0.1) is 5.82 Å². The number of nitrogens with one attached hydrogen (secondary N) is 2. The Hall–Kier alpha value is -4.26. The van der Waals surface area contributed by atoms with Crippen LogP contribution in [0.2, 0.25) is 0 Å². The number of anilines is 1. The van der Waals surface area contributed by atoms with Crippen LogP contribution in [0.1, 0.15) is 10.4 Å². The monoisotopic (exact) mass is 398 g/mol. The summed E-state index contributed by atoms with van der Waals surface area (Å²) in [5, 5.41) is 12.0. The van der Waals surface area contributed by atoms with E-state index in [1.54, 1.807) is 24.5 Å². The Bertz CT molecular complexity index is 1380. The Morgan fingerprint density at radius 3 is 2.73 bits per heavy atom. The van der Waals surface area contributed by atoms with E-state index in [1.807, 2.05) is 30.3 Å². The largest absolute Gasteiger partial charge is 0.456 e. The summed E-state index contributed by atoms with van der Waals surface area (Å²) >= 11 is 0. The molecule has 0 radical (unpaired) electrons. The first-order valence-electron chi connectivity index (χ1n) is 9.23. The van der Waals surface area contributed by atoms with Gasteiger partial charge in [0, 0.05) is 17.4 Å². The summed E-state index contributed by atoms with van der Waals surface area (Å²) in [6.45, 7) is 0. The molecule has 1 amide bonds. The fourth-order valence-corrected chi connectivity index (χ4v) is 3.30. The van der Waals surface area contributed by atoms with Crippen LogP contribution in [0.3, 0.4) is 0 Å². The maximum absolute atomic E-state index is 13.1. The lowest BCUT2D eigenvalue weighted by atomic mass is 10.0. The quantitative estimate of drug-likeness (QED) is 0.431. The molecule has 2 aromatic heterocycles. The number of carbonyl (C=O) groups is 1. The molecule has 30 heavy (non-hydrogen) atoms. The van der Waals surface area contributed by atoms with Gasteiger partial charge in [0.1, 0.15) is 17.3 Å². The summed E-state index contributed by atoms with van der Waals surface area (Å²) in [7, 11) is 0. The average molecular weight is 398 g/mol. The Morgan fingerprint density at radius 1 is 1.00 bits per heavy atom. The zero-order valence-electron chi connectivity index (χ0n) is 15.6. The maximum Gasteiger partial charge on any atom is 0.256 e. The minimum absolute atomic E-state index is 0.268. The first-order chi connectivity index (χ1) is 14.7. The van der Waals surface area contributed by atoms with Gasteiger partial charge in [-0.3, -0.25) is 9.89 Å². The highest BCUT2D eigenvalue weighted by atomic mass is 19.1. The molecule has 0 unspecified atom stereocenters. The van der Waals surface area contributed by atoms with E-state index in [-0.39, 0.29) is 11.7 Å². The molecule has 0 spiro atoms. The van der Waals surface area contributed by atoms with Crippen LogP contribution in [0.15, 0.2) is 79.1 Å². The zero-order valence-corrected chi connectivity index (χ0v) is 15.6. The molecule has 5 rings (SSSR count). The molecule has 0 aliphatic heterocycles. The molecule has 5 aromatic rings. The van der Waals surface area contributed by atoms with Crippen LogP contribution in [0.5, 0.6) is 11.5 Å². The van der Waals surface area contributed by atoms with Crippen LogP contribution < -0.4 is 10.1 Å². The third-order valence-electron chi connectivity index (χ3n) is 4.74. The van der Waals surface area contributed by atoms with Gasteiger partial charge in [-0.05, 0) is 65.4 Å². The molecule has 2 heterocycles. The molecule has 0 bridgehead atoms. The molecular weight excluding hydrogens is 383 g/mol. The van der Waals surface area contributed by atoms with Gasteiger partial charge in [0.15, 0.2) is 5.65 Å². The molecule has 6 nitrogen and oxygen atoms in total. The van der Waals surface area contributed by atoms with Gasteiger partial charge in [-0.1, -0.05) is 12.1 Å². The number of aromatic amines is 1. The lowest BCUT2D eigenvalue weighted by Gasteiger charge is -2.11. The van der Waals surface area contributed by atoms with Crippen molar-refractivity contribution in [3.8, 4) is 11.5 Å². The van der Waals surface area contributed by atoms with Crippen molar-refractivity contribution in [3.63, 3.8) is 0 Å². The van der Waals surface area contributed by atoms with Crippen molar-refractivity contribution in [1.82, 2.24) is 15.2 Å². The number of carbonyl (C=O) groups excluding carboxylic acids is 1. The summed E-state index contributed by atoms with van der Waals surface area (Å²) in [5.74, 6) is 0.647. The highest BCUT2D eigenvalue weighted by Crippen LogP contribution is 2.31. The third-order valence-corrected chi connectivity index (χ3v) is 4.74. The molecule has 0 saturated carbocycles. The number of hydrogen-bond acceptors (Lipinski definition) is 4. The molecule has 0 aliphatic carbocycles. The van der Waals surface area contributed by atoms with Crippen LogP contribution >= 0.6 is 0 Å². The van der Waals surface area contributed by atoms with Crippen LogP contribution in [-0.4, -0.2) is 21.1 Å². The standard InChI is InChI=1S/C23H15FN4O2/c24-15-4-6-16(7-5-15)27-23(29)19-3-1-2-14-12-17(8-9-18(14)19)30-21-10-11-25-22-20(21)13-26-28-22/h1-13H,(H,27,29)(H,25,26,28). The van der Waals surface area contributed by atoms with E-state index in [1.165, 1.54) is 24.3 Å². The summed E-state index contributed by atoms with van der Waals surface area (Å²) < 4.78 is 19.1. The lowest BCUT2D eigenvalue weighted by Crippen LogP contribution is -2.12. The second-order valence-electron chi connectivity index (χ2n) is 6.69. The number of aromatic nitrogens is 3. The molecule has 0 fully saturated rings. The van der Waals surface area contributed by atoms with Crippen molar-refractivity contribution in [2.75, 3.05) is 5.32 Å². The molecule has 0 saturated heterocycles. The van der Waals surface area contributed by atoms with Gasteiger partial charge in [0.05, 0.1) is 11.6 Å². The maximum atomic E-state index is 13.1. The van der Waals surface area contributed by atoms with Gasteiger partial charge in [0.25, 0.3) is 5.91 Å². The molecule has 0 aliphatic rings. The second kappa shape index (κ2) is 7.29. The molecule has 0 atom stereocenters. The van der Waals surface area contributed by atoms with Gasteiger partial charge >= 0.3 is 0 Å². The van der Waals surface area contributed by atoms with Crippen molar-refractivity contribution in [2.45, 2.75) is 0 Å². The summed E-state index contributed by atoms with van der Waals surface area (Å²) in [6, 6.07) is 18.4. The number of hydrogen-bond donors (Lipinski definition) is 2. The Labute approximate surface area is 170 Å². The topological polar surface area (TPSA) is 79.9 Å². The highest BCUT2D eigenvalue weighted by molar-refractivity contribution is 6.13. The van der Waals surface area contributed by atoms with E-state index in [4.69, 9.17) is 4.74 Å². The van der Waals surface area contributed by atoms with Crippen molar-refractivity contribution >= 4 is 33.4 Å². The number of ether oxygens (including phenoxy) is 1. The first-order valence-corrected chi connectivity index (χ1v) is 9.23. The average Bonchev–Trinajstić information content (AvgIpc) is 3.25. The van der Waals surface area contributed by atoms with E-state index < -0.39 is 0 Å². The predicted octanol–water partition coefficient (Wildman–Crippen LogP) is 5.29. The van der Waals surface area contributed by atoms with Gasteiger partial charge in [-0.15, -0.1) is 0 Å². The molecule has 146 valence electrons. The van der Waals surface area contributed by atoms with E-state index >= 15 is 0 Å². The Balaban J connectivity index is 1.45. The van der Waals surface area contributed by atoms with Crippen molar-refractivity contribution in [1.29, 1.82) is 0 Å². The Kier molecular flexibility index (Phi) is 4.33. The summed E-state index contributed by atoms with van der Waals surface area (Å²) in [4.78, 5) is 17.0. The minimum atomic E-state index is -0.354. The number of amides is 1. The molecular formula is C23H15FN4O2. The molecule has 3 aromatic carbocycles. The lowest BCUT2D eigenvalue weighted by molar-refractivity contribution is 0.102. The smallest absolute Gasteiger partial charge is 0.256 e. The van der Waals surface area contributed by atoms with Gasteiger partial charge in [0.2, 0.25) is 0 Å².